The van der Waals surface area contributed by atoms with Gasteiger partial charge in [-0.2, -0.15) is 0 Å². The van der Waals surface area contributed by atoms with E-state index < -0.39 is 24.6 Å². The summed E-state index contributed by atoms with van der Waals surface area (Å²) in [7, 11) is -2.37. The van der Waals surface area contributed by atoms with E-state index in [-0.39, 0.29) is 9.79 Å². The summed E-state index contributed by atoms with van der Waals surface area (Å²) in [5, 5.41) is 0. The van der Waals surface area contributed by atoms with Crippen molar-refractivity contribution in [3.05, 3.63) is 24.3 Å². The maximum atomic E-state index is 12.1. The Bertz CT molecular complexity index is 648. The molecule has 0 aliphatic heterocycles. The van der Waals surface area contributed by atoms with E-state index >= 15 is 0 Å². The van der Waals surface area contributed by atoms with Crippen LogP contribution in [0, 0.1) is 0 Å². The van der Waals surface area contributed by atoms with Gasteiger partial charge in [0.1, 0.15) is 0 Å². The average molecular weight is 326 g/mol. The Hall–Kier alpha value is -0.630. The van der Waals surface area contributed by atoms with Gasteiger partial charge in [0.25, 0.3) is 9.05 Å². The normalized spacial score (nSPS) is 13.5. The van der Waals surface area contributed by atoms with Gasteiger partial charge in [0.2, 0.25) is 10.0 Å². The first-order valence-electron chi connectivity index (χ1n) is 5.57. The van der Waals surface area contributed by atoms with Crippen LogP contribution in [0.15, 0.2) is 34.1 Å². The zero-order chi connectivity index (χ0) is 14.9. The van der Waals surface area contributed by atoms with E-state index in [9.17, 15) is 16.8 Å². The predicted octanol–water partition coefficient (Wildman–Crippen LogP) is 2.08. The van der Waals surface area contributed by atoms with Crippen molar-refractivity contribution in [1.29, 1.82) is 0 Å². The van der Waals surface area contributed by atoms with Crippen molar-refractivity contribution in [2.45, 2.75) is 42.5 Å². The summed E-state index contributed by atoms with van der Waals surface area (Å²) in [6.07, 6.45) is 0.625. The number of halogens is 1. The molecule has 0 unspecified atom stereocenters. The molecule has 0 aliphatic rings. The van der Waals surface area contributed by atoms with Crippen LogP contribution < -0.4 is 4.72 Å². The summed E-state index contributed by atoms with van der Waals surface area (Å²) in [6.45, 7) is 5.40. The Morgan fingerprint density at radius 1 is 1.05 bits per heavy atom. The van der Waals surface area contributed by atoms with Gasteiger partial charge in [-0.05, 0) is 44.5 Å². The third-order valence-electron chi connectivity index (χ3n) is 2.71. The van der Waals surface area contributed by atoms with E-state index in [4.69, 9.17) is 10.7 Å². The summed E-state index contributed by atoms with van der Waals surface area (Å²) in [5.41, 5.74) is -0.573. The third-order valence-corrected chi connectivity index (χ3v) is 5.79. The zero-order valence-electron chi connectivity index (χ0n) is 10.8. The van der Waals surface area contributed by atoms with Gasteiger partial charge in [-0.15, -0.1) is 0 Å². The highest BCUT2D eigenvalue weighted by atomic mass is 35.7. The number of benzene rings is 1. The fourth-order valence-corrected chi connectivity index (χ4v) is 3.53. The van der Waals surface area contributed by atoms with Crippen molar-refractivity contribution in [1.82, 2.24) is 4.72 Å². The molecule has 0 atom stereocenters. The van der Waals surface area contributed by atoms with Crippen molar-refractivity contribution >= 4 is 29.8 Å². The van der Waals surface area contributed by atoms with E-state index in [0.29, 0.717) is 6.42 Å². The lowest BCUT2D eigenvalue weighted by Crippen LogP contribution is -2.42. The van der Waals surface area contributed by atoms with Gasteiger partial charge >= 0.3 is 0 Å². The Kier molecular flexibility index (Phi) is 4.66. The molecule has 5 nitrogen and oxygen atoms in total. The topological polar surface area (TPSA) is 80.3 Å². The summed E-state index contributed by atoms with van der Waals surface area (Å²) < 4.78 is 48.8. The maximum Gasteiger partial charge on any atom is 0.261 e. The number of sulfonamides is 1. The molecule has 0 fully saturated rings. The van der Waals surface area contributed by atoms with Crippen LogP contribution in [0.1, 0.15) is 27.2 Å². The molecular weight excluding hydrogens is 310 g/mol. The van der Waals surface area contributed by atoms with E-state index in [0.717, 1.165) is 12.1 Å². The quantitative estimate of drug-likeness (QED) is 0.840. The van der Waals surface area contributed by atoms with Crippen LogP contribution in [0.4, 0.5) is 0 Å². The van der Waals surface area contributed by atoms with E-state index in [1.165, 1.54) is 12.1 Å². The maximum absolute atomic E-state index is 12.1. The van der Waals surface area contributed by atoms with Crippen LogP contribution in [0.25, 0.3) is 0 Å². The minimum absolute atomic E-state index is 0.00177. The molecule has 0 bridgehead atoms. The molecule has 0 amide bonds. The third kappa shape index (κ3) is 4.45. The summed E-state index contributed by atoms with van der Waals surface area (Å²) in [6, 6.07) is 4.75. The number of rotatable bonds is 5. The van der Waals surface area contributed by atoms with Crippen LogP contribution in [-0.4, -0.2) is 22.4 Å². The molecule has 0 saturated heterocycles. The van der Waals surface area contributed by atoms with Gasteiger partial charge in [0.05, 0.1) is 9.79 Å². The number of nitrogens with one attached hydrogen (secondary N) is 1. The van der Waals surface area contributed by atoms with Gasteiger partial charge in [-0.1, -0.05) is 6.92 Å². The molecule has 0 aromatic heterocycles. The summed E-state index contributed by atoms with van der Waals surface area (Å²) >= 11 is 0. The number of hydrogen-bond acceptors (Lipinski definition) is 4. The Balaban J connectivity index is 3.11. The van der Waals surface area contributed by atoms with Crippen LogP contribution >= 0.6 is 10.7 Å². The SMILES string of the molecule is CCC(C)(C)NS(=O)(=O)c1ccc(S(=O)(=O)Cl)cc1. The van der Waals surface area contributed by atoms with Gasteiger partial charge in [-0.3, -0.25) is 0 Å². The van der Waals surface area contributed by atoms with Crippen molar-refractivity contribution in [2.24, 2.45) is 0 Å². The van der Waals surface area contributed by atoms with Gasteiger partial charge in [-0.25, -0.2) is 21.6 Å². The minimum Gasteiger partial charge on any atom is -0.207 e. The highest BCUT2D eigenvalue weighted by Crippen LogP contribution is 2.19. The molecule has 8 heteroatoms. The fraction of sp³-hybridized carbons (Fsp3) is 0.455. The first-order valence-corrected chi connectivity index (χ1v) is 9.36. The molecule has 19 heavy (non-hydrogen) atoms. The van der Waals surface area contributed by atoms with E-state index in [2.05, 4.69) is 4.72 Å². The molecule has 0 radical (unpaired) electrons. The summed E-state index contributed by atoms with van der Waals surface area (Å²) in [4.78, 5) is -0.138. The predicted molar refractivity (Wildman–Crippen MR) is 74.2 cm³/mol. The van der Waals surface area contributed by atoms with E-state index in [1.807, 2.05) is 6.92 Å². The first-order chi connectivity index (χ1) is 8.48. The average Bonchev–Trinajstić information content (AvgIpc) is 2.27. The van der Waals surface area contributed by atoms with Gasteiger partial charge in [0.15, 0.2) is 0 Å². The highest BCUT2D eigenvalue weighted by molar-refractivity contribution is 8.13. The van der Waals surface area contributed by atoms with Crippen LogP contribution in [0.2, 0.25) is 0 Å². The lowest BCUT2D eigenvalue weighted by molar-refractivity contribution is 0.439. The molecule has 1 aromatic rings. The Morgan fingerprint density at radius 2 is 1.47 bits per heavy atom. The molecule has 1 N–H and O–H groups in total. The molecule has 0 spiro atoms. The Labute approximate surface area is 118 Å². The van der Waals surface area contributed by atoms with Crippen molar-refractivity contribution in [3.8, 4) is 0 Å². The van der Waals surface area contributed by atoms with Gasteiger partial charge in [0, 0.05) is 16.2 Å². The first kappa shape index (κ1) is 16.4. The highest BCUT2D eigenvalue weighted by Gasteiger charge is 2.24. The van der Waals surface area contributed by atoms with Crippen molar-refractivity contribution in [3.63, 3.8) is 0 Å². The monoisotopic (exact) mass is 325 g/mol. The van der Waals surface area contributed by atoms with E-state index in [1.54, 1.807) is 13.8 Å². The standard InChI is InChI=1S/C11H16ClNO4S2/c1-4-11(2,3)13-19(16,17)10-7-5-9(6-8-10)18(12,14)15/h5-8,13H,4H2,1-3H3. The molecule has 0 saturated carbocycles. The second-order valence-electron chi connectivity index (χ2n) is 4.75. The molecular formula is C11H16ClNO4S2. The summed E-state index contributed by atoms with van der Waals surface area (Å²) in [5.74, 6) is 0. The lowest BCUT2D eigenvalue weighted by atomic mass is 10.0. The number of hydrogen-bond donors (Lipinski definition) is 1. The smallest absolute Gasteiger partial charge is 0.207 e. The molecule has 108 valence electrons. The second kappa shape index (κ2) is 5.40. The van der Waals surface area contributed by atoms with Crippen LogP contribution in [0.3, 0.4) is 0 Å². The van der Waals surface area contributed by atoms with Crippen LogP contribution in [0.5, 0.6) is 0 Å². The van der Waals surface area contributed by atoms with Crippen LogP contribution in [-0.2, 0) is 19.1 Å². The second-order valence-corrected chi connectivity index (χ2v) is 9.00. The van der Waals surface area contributed by atoms with Crippen molar-refractivity contribution < 1.29 is 16.8 Å². The minimum atomic E-state index is -3.85. The zero-order valence-corrected chi connectivity index (χ0v) is 13.2. The fourth-order valence-electron chi connectivity index (χ4n) is 1.28. The lowest BCUT2D eigenvalue weighted by Gasteiger charge is -2.24. The largest absolute Gasteiger partial charge is 0.261 e. The Morgan fingerprint density at radius 3 is 1.84 bits per heavy atom. The molecule has 1 aromatic carbocycles. The van der Waals surface area contributed by atoms with Gasteiger partial charge < -0.3 is 0 Å². The molecule has 0 heterocycles. The molecule has 1 rings (SSSR count). The van der Waals surface area contributed by atoms with Crippen molar-refractivity contribution in [2.75, 3.05) is 0 Å². The molecule has 0 aliphatic carbocycles.